The number of carbonyl (C=O) groups is 2. The smallest absolute Gasteiger partial charge is 0.242 e. The van der Waals surface area contributed by atoms with Gasteiger partial charge in [-0.15, -0.1) is 0 Å². The summed E-state index contributed by atoms with van der Waals surface area (Å²) in [5.74, 6) is -0.329. The fraction of sp³-hybridized carbons (Fsp3) is 0.423. The SMILES string of the molecule is Cc1cccc(C)c1NC(=O)C[C@@H]1SC(=Nc2cccc(S(=O)(=O)N(C)C)c2)N(C2CCCC2)C1=O. The summed E-state index contributed by atoms with van der Waals surface area (Å²) in [5.41, 5.74) is 3.17. The molecule has 0 spiro atoms. The predicted molar refractivity (Wildman–Crippen MR) is 144 cm³/mol. The number of hydrogen-bond donors (Lipinski definition) is 1. The van der Waals surface area contributed by atoms with Crippen LogP contribution >= 0.6 is 11.8 Å². The summed E-state index contributed by atoms with van der Waals surface area (Å²) in [4.78, 5) is 33.0. The number of sulfonamides is 1. The van der Waals surface area contributed by atoms with E-state index < -0.39 is 15.3 Å². The van der Waals surface area contributed by atoms with Crippen LogP contribution in [0.3, 0.4) is 0 Å². The number of hydrogen-bond acceptors (Lipinski definition) is 6. The zero-order valence-electron chi connectivity index (χ0n) is 21.0. The van der Waals surface area contributed by atoms with Crippen molar-refractivity contribution in [1.29, 1.82) is 0 Å². The summed E-state index contributed by atoms with van der Waals surface area (Å²) in [7, 11) is -0.650. The van der Waals surface area contributed by atoms with E-state index in [4.69, 9.17) is 4.99 Å². The van der Waals surface area contributed by atoms with Gasteiger partial charge >= 0.3 is 0 Å². The standard InChI is InChI=1S/C26H32N4O4S2/c1-17-9-7-10-18(2)24(17)28-23(31)16-22-25(32)30(20-12-5-6-13-20)26(35-22)27-19-11-8-14-21(15-19)36(33,34)29(3)4/h7-11,14-15,20,22H,5-6,12-13,16H2,1-4H3,(H,28,31)/t22-/m0/s1. The summed E-state index contributed by atoms with van der Waals surface area (Å²) in [6, 6.07) is 12.3. The minimum atomic E-state index is -3.61. The lowest BCUT2D eigenvalue weighted by Crippen LogP contribution is -2.40. The Kier molecular flexibility index (Phi) is 7.87. The zero-order chi connectivity index (χ0) is 26.0. The Labute approximate surface area is 217 Å². The molecule has 1 saturated heterocycles. The molecule has 36 heavy (non-hydrogen) atoms. The quantitative estimate of drug-likeness (QED) is 0.572. The van der Waals surface area contributed by atoms with E-state index in [0.717, 1.165) is 46.8 Å². The summed E-state index contributed by atoms with van der Waals surface area (Å²) in [5, 5.41) is 2.92. The van der Waals surface area contributed by atoms with E-state index in [2.05, 4.69) is 5.32 Å². The van der Waals surface area contributed by atoms with Crippen molar-refractivity contribution in [3.8, 4) is 0 Å². The van der Waals surface area contributed by atoms with Gasteiger partial charge in [-0.25, -0.2) is 17.7 Å². The number of carbonyl (C=O) groups excluding carboxylic acids is 2. The van der Waals surface area contributed by atoms with Gasteiger partial charge in [-0.2, -0.15) is 0 Å². The fourth-order valence-corrected chi connectivity index (χ4v) is 6.75. The van der Waals surface area contributed by atoms with Gasteiger partial charge in [0, 0.05) is 32.2 Å². The van der Waals surface area contributed by atoms with Gasteiger partial charge < -0.3 is 5.32 Å². The highest BCUT2D eigenvalue weighted by molar-refractivity contribution is 8.15. The number of anilines is 1. The first-order valence-electron chi connectivity index (χ1n) is 12.0. The molecule has 2 amide bonds. The van der Waals surface area contributed by atoms with Crippen molar-refractivity contribution in [1.82, 2.24) is 9.21 Å². The van der Waals surface area contributed by atoms with Gasteiger partial charge in [0.2, 0.25) is 21.8 Å². The molecule has 1 aliphatic heterocycles. The number of nitrogens with one attached hydrogen (secondary N) is 1. The normalized spacial score (nSPS) is 20.0. The Bertz CT molecular complexity index is 1280. The second kappa shape index (κ2) is 10.7. The number of nitrogens with zero attached hydrogens (tertiary/aromatic N) is 3. The molecule has 0 radical (unpaired) electrons. The van der Waals surface area contributed by atoms with E-state index in [0.29, 0.717) is 10.9 Å². The first-order chi connectivity index (χ1) is 17.1. The molecule has 1 saturated carbocycles. The van der Waals surface area contributed by atoms with Gasteiger partial charge in [0.1, 0.15) is 5.25 Å². The average molecular weight is 529 g/mol. The maximum Gasteiger partial charge on any atom is 0.242 e. The minimum absolute atomic E-state index is 0.0363. The summed E-state index contributed by atoms with van der Waals surface area (Å²) < 4.78 is 26.3. The van der Waals surface area contributed by atoms with E-state index in [1.54, 1.807) is 17.0 Å². The lowest BCUT2D eigenvalue weighted by Gasteiger charge is -2.23. The third-order valence-electron chi connectivity index (χ3n) is 6.59. The number of amidine groups is 1. The molecule has 0 aromatic heterocycles. The molecule has 4 rings (SSSR count). The van der Waals surface area contributed by atoms with Crippen molar-refractivity contribution in [2.75, 3.05) is 19.4 Å². The number of amides is 2. The Hall–Kier alpha value is -2.69. The van der Waals surface area contributed by atoms with Gasteiger partial charge in [-0.1, -0.05) is 48.9 Å². The van der Waals surface area contributed by atoms with Crippen molar-refractivity contribution in [3.05, 3.63) is 53.6 Å². The molecule has 1 aliphatic carbocycles. The Morgan fingerprint density at radius 1 is 1.11 bits per heavy atom. The zero-order valence-corrected chi connectivity index (χ0v) is 22.7. The van der Waals surface area contributed by atoms with Crippen LogP contribution < -0.4 is 5.32 Å². The molecule has 2 aromatic rings. The molecule has 10 heteroatoms. The first kappa shape index (κ1) is 26.4. The lowest BCUT2D eigenvalue weighted by atomic mass is 10.1. The highest BCUT2D eigenvalue weighted by atomic mass is 32.2. The van der Waals surface area contributed by atoms with Crippen molar-refractivity contribution in [3.63, 3.8) is 0 Å². The molecule has 0 unspecified atom stereocenters. The van der Waals surface area contributed by atoms with Gasteiger partial charge in [-0.05, 0) is 56.0 Å². The van der Waals surface area contributed by atoms with Gasteiger partial charge in [-0.3, -0.25) is 14.5 Å². The minimum Gasteiger partial charge on any atom is -0.326 e. The molecular formula is C26H32N4O4S2. The van der Waals surface area contributed by atoms with Crippen LogP contribution in [0.25, 0.3) is 0 Å². The summed E-state index contributed by atoms with van der Waals surface area (Å²) in [6.07, 6.45) is 3.90. The van der Waals surface area contributed by atoms with Crippen molar-refractivity contribution >= 4 is 50.1 Å². The Morgan fingerprint density at radius 3 is 2.39 bits per heavy atom. The van der Waals surface area contributed by atoms with Crippen molar-refractivity contribution < 1.29 is 18.0 Å². The monoisotopic (exact) mass is 528 g/mol. The molecule has 2 aliphatic rings. The second-order valence-corrected chi connectivity index (χ2v) is 12.8. The van der Waals surface area contributed by atoms with Gasteiger partial charge in [0.05, 0.1) is 10.6 Å². The first-order valence-corrected chi connectivity index (χ1v) is 14.4. The van der Waals surface area contributed by atoms with Gasteiger partial charge in [0.25, 0.3) is 0 Å². The Balaban J connectivity index is 1.59. The fourth-order valence-electron chi connectivity index (χ4n) is 4.60. The van der Waals surface area contributed by atoms with E-state index in [1.807, 2.05) is 32.0 Å². The number of rotatable bonds is 7. The molecule has 8 nitrogen and oxygen atoms in total. The molecule has 2 fully saturated rings. The topological polar surface area (TPSA) is 99.1 Å². The van der Waals surface area contributed by atoms with E-state index in [9.17, 15) is 18.0 Å². The van der Waals surface area contributed by atoms with Crippen LogP contribution in [0, 0.1) is 13.8 Å². The van der Waals surface area contributed by atoms with Gasteiger partial charge in [0.15, 0.2) is 5.17 Å². The predicted octanol–water partition coefficient (Wildman–Crippen LogP) is 4.46. The number of benzene rings is 2. The molecule has 192 valence electrons. The Morgan fingerprint density at radius 2 is 1.75 bits per heavy atom. The molecule has 1 N–H and O–H groups in total. The number of aliphatic imine (C=N–C) groups is 1. The lowest BCUT2D eigenvalue weighted by molar-refractivity contribution is -0.129. The van der Waals surface area contributed by atoms with Crippen molar-refractivity contribution in [2.24, 2.45) is 4.99 Å². The van der Waals surface area contributed by atoms with Crippen LogP contribution in [0.5, 0.6) is 0 Å². The van der Waals surface area contributed by atoms with Crippen molar-refractivity contribution in [2.45, 2.75) is 62.1 Å². The molecular weight excluding hydrogens is 496 g/mol. The maximum absolute atomic E-state index is 13.5. The maximum atomic E-state index is 13.5. The second-order valence-electron chi connectivity index (χ2n) is 9.45. The third kappa shape index (κ3) is 5.50. The molecule has 0 bridgehead atoms. The molecule has 1 atom stereocenters. The van der Waals surface area contributed by atoms with Crippen LogP contribution in [0.2, 0.25) is 0 Å². The number of aryl methyl sites for hydroxylation is 2. The van der Waals surface area contributed by atoms with Crippen LogP contribution in [0.15, 0.2) is 52.4 Å². The highest BCUT2D eigenvalue weighted by Crippen LogP contribution is 2.37. The van der Waals surface area contributed by atoms with Crippen LogP contribution in [0.4, 0.5) is 11.4 Å². The third-order valence-corrected chi connectivity index (χ3v) is 9.56. The van der Waals surface area contributed by atoms with Crippen LogP contribution in [-0.2, 0) is 19.6 Å². The van der Waals surface area contributed by atoms with Crippen LogP contribution in [-0.4, -0.2) is 60.0 Å². The van der Waals surface area contributed by atoms with E-state index >= 15 is 0 Å². The molecule has 2 aromatic carbocycles. The summed E-state index contributed by atoms with van der Waals surface area (Å²) >= 11 is 1.28. The average Bonchev–Trinajstić information content (AvgIpc) is 3.44. The highest BCUT2D eigenvalue weighted by Gasteiger charge is 2.43. The van der Waals surface area contributed by atoms with E-state index in [1.165, 1.54) is 38.0 Å². The van der Waals surface area contributed by atoms with Crippen LogP contribution in [0.1, 0.15) is 43.2 Å². The number of para-hydroxylation sites is 1. The largest absolute Gasteiger partial charge is 0.326 e. The molecule has 1 heterocycles. The number of thioether (sulfide) groups is 1. The summed E-state index contributed by atoms with van der Waals surface area (Å²) in [6.45, 7) is 3.88. The van der Waals surface area contributed by atoms with E-state index in [-0.39, 0.29) is 29.2 Å².